The summed E-state index contributed by atoms with van der Waals surface area (Å²) in [6, 6.07) is 11.4. The van der Waals surface area contributed by atoms with Gasteiger partial charge < -0.3 is 14.0 Å². The monoisotopic (exact) mass is 364 g/mol. The highest BCUT2D eigenvalue weighted by molar-refractivity contribution is 5.82. The highest BCUT2D eigenvalue weighted by Crippen LogP contribution is 2.30. The summed E-state index contributed by atoms with van der Waals surface area (Å²) in [7, 11) is 1.59. The fourth-order valence-electron chi connectivity index (χ4n) is 2.81. The van der Waals surface area contributed by atoms with E-state index in [1.54, 1.807) is 19.2 Å². The lowest BCUT2D eigenvalue weighted by molar-refractivity contribution is -0.274. The molecule has 3 aromatic rings. The zero-order chi connectivity index (χ0) is 18.7. The third-order valence-corrected chi connectivity index (χ3v) is 4.04. The van der Waals surface area contributed by atoms with E-state index in [1.165, 1.54) is 12.1 Å². The molecule has 0 atom stereocenters. The molecule has 3 rings (SSSR count). The number of ether oxygens (including phenoxy) is 2. The number of hydrogen-bond acceptors (Lipinski definition) is 3. The Labute approximate surface area is 149 Å². The van der Waals surface area contributed by atoms with Crippen molar-refractivity contribution < 1.29 is 22.6 Å². The summed E-state index contributed by atoms with van der Waals surface area (Å²) in [5.74, 6) is 1.16. The van der Waals surface area contributed by atoms with Crippen molar-refractivity contribution >= 4 is 11.0 Å². The molecule has 2 aromatic carbocycles. The van der Waals surface area contributed by atoms with Gasteiger partial charge in [0.25, 0.3) is 0 Å². The molecule has 138 valence electrons. The number of unbranched alkanes of at least 4 members (excludes halogenated alkanes) is 1. The molecule has 0 aliphatic heterocycles. The Morgan fingerprint density at radius 1 is 1.04 bits per heavy atom. The van der Waals surface area contributed by atoms with E-state index in [-0.39, 0.29) is 5.75 Å². The summed E-state index contributed by atoms with van der Waals surface area (Å²) in [4.78, 5) is 4.67. The molecule has 0 radical (unpaired) electrons. The number of alkyl halides is 3. The Bertz CT molecular complexity index is 886. The first-order chi connectivity index (χ1) is 12.4. The van der Waals surface area contributed by atoms with Crippen molar-refractivity contribution in [3.63, 3.8) is 0 Å². The molecule has 0 spiro atoms. The van der Waals surface area contributed by atoms with Crippen LogP contribution in [0.1, 0.15) is 19.8 Å². The minimum absolute atomic E-state index is 0.251. The van der Waals surface area contributed by atoms with E-state index in [0.717, 1.165) is 36.0 Å². The number of aryl methyl sites for hydroxylation is 1. The third-order valence-electron chi connectivity index (χ3n) is 4.04. The Balaban J connectivity index is 2.02. The summed E-state index contributed by atoms with van der Waals surface area (Å²) >= 11 is 0. The maximum Gasteiger partial charge on any atom is 0.573 e. The minimum Gasteiger partial charge on any atom is -0.497 e. The molecule has 1 aromatic heterocycles. The van der Waals surface area contributed by atoms with Gasteiger partial charge in [0.05, 0.1) is 18.1 Å². The van der Waals surface area contributed by atoms with E-state index in [9.17, 15) is 13.2 Å². The van der Waals surface area contributed by atoms with E-state index in [2.05, 4.69) is 21.2 Å². The van der Waals surface area contributed by atoms with Crippen LogP contribution in [0.15, 0.2) is 42.5 Å². The van der Waals surface area contributed by atoms with E-state index in [0.29, 0.717) is 11.6 Å². The number of aromatic nitrogens is 2. The normalized spacial score (nSPS) is 11.7. The van der Waals surface area contributed by atoms with Crippen LogP contribution in [0.3, 0.4) is 0 Å². The van der Waals surface area contributed by atoms with Gasteiger partial charge in [0, 0.05) is 18.2 Å². The molecule has 4 nitrogen and oxygen atoms in total. The van der Waals surface area contributed by atoms with Crippen LogP contribution in [0.5, 0.6) is 11.5 Å². The van der Waals surface area contributed by atoms with Gasteiger partial charge in [-0.05, 0) is 42.8 Å². The first-order valence-corrected chi connectivity index (χ1v) is 8.31. The van der Waals surface area contributed by atoms with Crippen LogP contribution in [0.2, 0.25) is 0 Å². The SMILES string of the molecule is CCCCn1c(-c2ccc(OC(F)(F)F)cc2)nc2cc(OC)ccc21. The van der Waals surface area contributed by atoms with Crippen LogP contribution in [0.4, 0.5) is 13.2 Å². The topological polar surface area (TPSA) is 36.3 Å². The summed E-state index contributed by atoms with van der Waals surface area (Å²) in [5, 5.41) is 0. The van der Waals surface area contributed by atoms with E-state index in [4.69, 9.17) is 4.74 Å². The fraction of sp³-hybridized carbons (Fsp3) is 0.316. The number of imidazole rings is 1. The zero-order valence-electron chi connectivity index (χ0n) is 14.5. The Morgan fingerprint density at radius 3 is 2.35 bits per heavy atom. The molecule has 0 bridgehead atoms. The maximum absolute atomic E-state index is 12.3. The predicted molar refractivity (Wildman–Crippen MR) is 93.3 cm³/mol. The molecule has 0 saturated carbocycles. The number of nitrogens with zero attached hydrogens (tertiary/aromatic N) is 2. The van der Waals surface area contributed by atoms with Crippen LogP contribution in [0, 0.1) is 0 Å². The summed E-state index contributed by atoms with van der Waals surface area (Å²) in [6.45, 7) is 2.88. The third kappa shape index (κ3) is 3.92. The largest absolute Gasteiger partial charge is 0.573 e. The Morgan fingerprint density at radius 2 is 1.73 bits per heavy atom. The van der Waals surface area contributed by atoms with Crippen molar-refractivity contribution in [1.82, 2.24) is 9.55 Å². The highest BCUT2D eigenvalue weighted by Gasteiger charge is 2.31. The fourth-order valence-corrected chi connectivity index (χ4v) is 2.81. The second kappa shape index (κ2) is 7.27. The van der Waals surface area contributed by atoms with Gasteiger partial charge >= 0.3 is 6.36 Å². The number of rotatable bonds is 6. The molecule has 0 unspecified atom stereocenters. The van der Waals surface area contributed by atoms with Crippen molar-refractivity contribution in [2.24, 2.45) is 0 Å². The van der Waals surface area contributed by atoms with Crippen LogP contribution < -0.4 is 9.47 Å². The van der Waals surface area contributed by atoms with Crippen LogP contribution in [-0.2, 0) is 6.54 Å². The molecule has 1 heterocycles. The van der Waals surface area contributed by atoms with Crippen LogP contribution in [0.25, 0.3) is 22.4 Å². The van der Waals surface area contributed by atoms with E-state index >= 15 is 0 Å². The standard InChI is InChI=1S/C19H19F3N2O2/c1-3-4-11-24-17-10-9-15(25-2)12-16(17)23-18(24)13-5-7-14(8-6-13)26-19(20,21)22/h5-10,12H,3-4,11H2,1-2H3. The van der Waals surface area contributed by atoms with Gasteiger partial charge in [-0.1, -0.05) is 13.3 Å². The van der Waals surface area contributed by atoms with Crippen LogP contribution >= 0.6 is 0 Å². The Hall–Kier alpha value is -2.70. The zero-order valence-corrected chi connectivity index (χ0v) is 14.5. The molecule has 26 heavy (non-hydrogen) atoms. The molecule has 0 aliphatic rings. The average molecular weight is 364 g/mol. The number of halogens is 3. The molecule has 0 aliphatic carbocycles. The van der Waals surface area contributed by atoms with Gasteiger partial charge in [-0.25, -0.2) is 4.98 Å². The first-order valence-electron chi connectivity index (χ1n) is 8.31. The predicted octanol–water partition coefficient (Wildman–Crippen LogP) is 5.41. The number of methoxy groups -OCH3 is 1. The number of benzene rings is 2. The first kappa shape index (κ1) is 18.1. The highest BCUT2D eigenvalue weighted by atomic mass is 19.4. The van der Waals surface area contributed by atoms with Crippen LogP contribution in [-0.4, -0.2) is 23.0 Å². The minimum atomic E-state index is -4.70. The average Bonchev–Trinajstić information content (AvgIpc) is 2.96. The number of fused-ring (bicyclic) bond motifs is 1. The lowest BCUT2D eigenvalue weighted by atomic mass is 10.2. The van der Waals surface area contributed by atoms with Crippen molar-refractivity contribution in [3.05, 3.63) is 42.5 Å². The summed E-state index contributed by atoms with van der Waals surface area (Å²) in [6.07, 6.45) is -2.71. The lowest BCUT2D eigenvalue weighted by Gasteiger charge is -2.11. The maximum atomic E-state index is 12.3. The van der Waals surface area contributed by atoms with Gasteiger partial charge in [0.1, 0.15) is 17.3 Å². The molecule has 0 N–H and O–H groups in total. The van der Waals surface area contributed by atoms with Gasteiger partial charge in [-0.2, -0.15) is 0 Å². The quantitative estimate of drug-likeness (QED) is 0.587. The Kier molecular flexibility index (Phi) is 5.06. The van der Waals surface area contributed by atoms with Gasteiger partial charge in [-0.15, -0.1) is 13.2 Å². The van der Waals surface area contributed by atoms with Gasteiger partial charge in [0.15, 0.2) is 0 Å². The van der Waals surface area contributed by atoms with Crippen molar-refractivity contribution in [1.29, 1.82) is 0 Å². The second-order valence-electron chi connectivity index (χ2n) is 5.87. The lowest BCUT2D eigenvalue weighted by Crippen LogP contribution is -2.16. The molecular formula is C19H19F3N2O2. The molecule has 7 heteroatoms. The summed E-state index contributed by atoms with van der Waals surface area (Å²) < 4.78 is 48.2. The number of hydrogen-bond donors (Lipinski definition) is 0. The molecule has 0 amide bonds. The van der Waals surface area contributed by atoms with E-state index < -0.39 is 6.36 Å². The summed E-state index contributed by atoms with van der Waals surface area (Å²) in [5.41, 5.74) is 2.47. The molecule has 0 saturated heterocycles. The van der Waals surface area contributed by atoms with Crippen molar-refractivity contribution in [2.45, 2.75) is 32.7 Å². The van der Waals surface area contributed by atoms with Gasteiger partial charge in [-0.3, -0.25) is 0 Å². The van der Waals surface area contributed by atoms with Crippen molar-refractivity contribution in [2.75, 3.05) is 7.11 Å². The smallest absolute Gasteiger partial charge is 0.497 e. The second-order valence-corrected chi connectivity index (χ2v) is 5.87. The molecule has 0 fully saturated rings. The van der Waals surface area contributed by atoms with Crippen molar-refractivity contribution in [3.8, 4) is 22.9 Å². The molecular weight excluding hydrogens is 345 g/mol. The van der Waals surface area contributed by atoms with Gasteiger partial charge in [0.2, 0.25) is 0 Å². The van der Waals surface area contributed by atoms with E-state index in [1.807, 2.05) is 18.2 Å².